The van der Waals surface area contributed by atoms with Crippen molar-refractivity contribution in [3.8, 4) is 5.75 Å². The van der Waals surface area contributed by atoms with Gasteiger partial charge in [-0.1, -0.05) is 53.2 Å². The van der Waals surface area contributed by atoms with Crippen LogP contribution in [0.2, 0.25) is 0 Å². The molecule has 1 aromatic carbocycles. The first-order valence-corrected chi connectivity index (χ1v) is 11.3. The molecule has 0 heterocycles. The third-order valence-corrected chi connectivity index (χ3v) is 7.68. The van der Waals surface area contributed by atoms with Crippen LogP contribution < -0.4 is 4.74 Å². The first-order valence-electron chi connectivity index (χ1n) is 11.3. The molecule has 2 heteroatoms. The van der Waals surface area contributed by atoms with Crippen molar-refractivity contribution >= 4 is 0 Å². The van der Waals surface area contributed by atoms with Gasteiger partial charge in [0.2, 0.25) is 6.29 Å². The molecule has 150 valence electrons. The Morgan fingerprint density at radius 2 is 1.70 bits per heavy atom. The quantitative estimate of drug-likeness (QED) is 0.513. The highest BCUT2D eigenvalue weighted by molar-refractivity contribution is 5.29. The number of fused-ring (bicyclic) bond motifs is 5. The molecule has 0 aliphatic heterocycles. The Balaban J connectivity index is 1.43. The van der Waals surface area contributed by atoms with Gasteiger partial charge in [-0.2, -0.15) is 0 Å². The van der Waals surface area contributed by atoms with Crippen molar-refractivity contribution in [1.29, 1.82) is 0 Å². The Morgan fingerprint density at radius 3 is 2.37 bits per heavy atom. The summed E-state index contributed by atoms with van der Waals surface area (Å²) in [6.45, 7) is 11.2. The fraction of sp³-hybridized carbons (Fsp3) is 0.760. The smallest absolute Gasteiger partial charge is 0.204 e. The van der Waals surface area contributed by atoms with Crippen LogP contribution in [0.5, 0.6) is 5.75 Å². The molecular weight excluding hydrogens is 332 g/mol. The minimum atomic E-state index is -0.184. The maximum absolute atomic E-state index is 6.70. The van der Waals surface area contributed by atoms with Crippen molar-refractivity contribution in [2.75, 3.05) is 0 Å². The van der Waals surface area contributed by atoms with Crippen molar-refractivity contribution in [2.24, 2.45) is 29.1 Å². The van der Waals surface area contributed by atoms with Crippen molar-refractivity contribution in [3.05, 3.63) is 29.8 Å². The normalized spacial score (nSPS) is 34.5. The highest BCUT2D eigenvalue weighted by Gasteiger charge is 2.55. The zero-order chi connectivity index (χ0) is 19.2. The molecule has 1 aromatic rings. The number of hydrogen-bond acceptors (Lipinski definition) is 2. The number of rotatable bonds is 6. The SMILES string of the molecule is CCC(C)c1ccc(OC(OC2CC3CC2C2CCCC32)C(C)(C)C)cc1. The summed E-state index contributed by atoms with van der Waals surface area (Å²) < 4.78 is 13.1. The molecule has 3 saturated carbocycles. The second-order valence-corrected chi connectivity index (χ2v) is 10.5. The van der Waals surface area contributed by atoms with Crippen LogP contribution in [0.4, 0.5) is 0 Å². The molecule has 3 fully saturated rings. The van der Waals surface area contributed by atoms with Crippen LogP contribution in [0.3, 0.4) is 0 Å². The lowest BCUT2D eigenvalue weighted by molar-refractivity contribution is -0.187. The summed E-state index contributed by atoms with van der Waals surface area (Å²) in [6.07, 6.45) is 8.39. The lowest BCUT2D eigenvalue weighted by Gasteiger charge is -2.38. The van der Waals surface area contributed by atoms with Crippen molar-refractivity contribution < 1.29 is 9.47 Å². The number of ether oxygens (including phenoxy) is 2. The van der Waals surface area contributed by atoms with E-state index in [9.17, 15) is 0 Å². The molecule has 0 amide bonds. The Bertz CT molecular complexity index is 629. The number of hydrogen-bond donors (Lipinski definition) is 0. The predicted molar refractivity (Wildman–Crippen MR) is 111 cm³/mol. The molecular formula is C25H38O2. The Hall–Kier alpha value is -1.02. The van der Waals surface area contributed by atoms with Crippen LogP contribution in [0.15, 0.2) is 24.3 Å². The molecule has 0 radical (unpaired) electrons. The lowest BCUT2D eigenvalue weighted by Crippen LogP contribution is -2.41. The first kappa shape index (κ1) is 19.3. The van der Waals surface area contributed by atoms with E-state index in [1.165, 1.54) is 44.1 Å². The van der Waals surface area contributed by atoms with E-state index in [2.05, 4.69) is 58.9 Å². The van der Waals surface area contributed by atoms with E-state index in [0.29, 0.717) is 12.0 Å². The van der Waals surface area contributed by atoms with E-state index in [4.69, 9.17) is 9.47 Å². The van der Waals surface area contributed by atoms with Gasteiger partial charge in [-0.15, -0.1) is 0 Å². The summed E-state index contributed by atoms with van der Waals surface area (Å²) in [6, 6.07) is 8.67. The number of benzene rings is 1. The maximum atomic E-state index is 6.70. The lowest BCUT2D eigenvalue weighted by atomic mass is 9.80. The minimum Gasteiger partial charge on any atom is -0.464 e. The van der Waals surface area contributed by atoms with E-state index in [0.717, 1.165) is 29.4 Å². The van der Waals surface area contributed by atoms with Gasteiger partial charge in [0.25, 0.3) is 0 Å². The zero-order valence-electron chi connectivity index (χ0n) is 17.9. The van der Waals surface area contributed by atoms with Gasteiger partial charge < -0.3 is 9.47 Å². The molecule has 0 N–H and O–H groups in total. The summed E-state index contributed by atoms with van der Waals surface area (Å²) in [5.41, 5.74) is 1.35. The van der Waals surface area contributed by atoms with E-state index >= 15 is 0 Å². The average Bonchev–Trinajstić information content (AvgIpc) is 3.33. The highest BCUT2D eigenvalue weighted by Crippen LogP contribution is 2.59. The summed E-state index contributed by atoms with van der Waals surface area (Å²) in [7, 11) is 0. The van der Waals surface area contributed by atoms with Gasteiger partial charge in [0.05, 0.1) is 6.10 Å². The predicted octanol–water partition coefficient (Wildman–Crippen LogP) is 6.79. The zero-order valence-corrected chi connectivity index (χ0v) is 17.9. The van der Waals surface area contributed by atoms with Crippen molar-refractivity contribution in [1.82, 2.24) is 0 Å². The summed E-state index contributed by atoms with van der Waals surface area (Å²) in [5, 5.41) is 0. The average molecular weight is 371 g/mol. The van der Waals surface area contributed by atoms with Gasteiger partial charge >= 0.3 is 0 Å². The topological polar surface area (TPSA) is 18.5 Å². The molecule has 27 heavy (non-hydrogen) atoms. The first-order chi connectivity index (χ1) is 12.9. The molecule has 3 aliphatic carbocycles. The van der Waals surface area contributed by atoms with Gasteiger partial charge in [-0.05, 0) is 79.4 Å². The molecule has 0 saturated heterocycles. The summed E-state index contributed by atoms with van der Waals surface area (Å²) >= 11 is 0. The molecule has 0 aromatic heterocycles. The van der Waals surface area contributed by atoms with Crippen LogP contribution in [-0.4, -0.2) is 12.4 Å². The van der Waals surface area contributed by atoms with Gasteiger partial charge in [0, 0.05) is 5.41 Å². The van der Waals surface area contributed by atoms with Gasteiger partial charge in [-0.3, -0.25) is 0 Å². The van der Waals surface area contributed by atoms with Crippen molar-refractivity contribution in [3.63, 3.8) is 0 Å². The van der Waals surface area contributed by atoms with Crippen LogP contribution in [0, 0.1) is 29.1 Å². The summed E-state index contributed by atoms with van der Waals surface area (Å²) in [5.74, 6) is 5.18. The highest BCUT2D eigenvalue weighted by atomic mass is 16.7. The van der Waals surface area contributed by atoms with Gasteiger partial charge in [0.1, 0.15) is 5.75 Å². The Morgan fingerprint density at radius 1 is 1.00 bits per heavy atom. The Labute approximate surface area is 166 Å². The van der Waals surface area contributed by atoms with Crippen LogP contribution >= 0.6 is 0 Å². The molecule has 7 unspecified atom stereocenters. The molecule has 7 atom stereocenters. The molecule has 2 nitrogen and oxygen atoms in total. The molecule has 4 rings (SSSR count). The van der Waals surface area contributed by atoms with Gasteiger partial charge in [-0.25, -0.2) is 0 Å². The largest absolute Gasteiger partial charge is 0.464 e. The van der Waals surface area contributed by atoms with E-state index in [1.807, 2.05) is 0 Å². The Kier molecular flexibility index (Phi) is 5.31. The molecule has 3 aliphatic rings. The minimum absolute atomic E-state index is 0.0354. The fourth-order valence-corrected chi connectivity index (χ4v) is 5.96. The third-order valence-electron chi connectivity index (χ3n) is 7.68. The van der Waals surface area contributed by atoms with Crippen molar-refractivity contribution in [2.45, 2.75) is 91.5 Å². The second kappa shape index (κ2) is 7.43. The van der Waals surface area contributed by atoms with Crippen LogP contribution in [0.25, 0.3) is 0 Å². The monoisotopic (exact) mass is 370 g/mol. The second-order valence-electron chi connectivity index (χ2n) is 10.5. The standard InChI is InChI=1S/C25H38O2/c1-6-16(2)17-10-12-19(13-11-17)26-24(25(3,4)5)27-23-15-18-14-22(23)21-9-7-8-20(18)21/h10-13,16,18,20-24H,6-9,14-15H2,1-5H3. The van der Waals surface area contributed by atoms with E-state index in [1.54, 1.807) is 0 Å². The summed E-state index contributed by atoms with van der Waals surface area (Å²) in [4.78, 5) is 0. The van der Waals surface area contributed by atoms with E-state index in [-0.39, 0.29) is 11.7 Å². The van der Waals surface area contributed by atoms with Crippen LogP contribution in [0.1, 0.15) is 84.6 Å². The third kappa shape index (κ3) is 3.79. The molecule has 0 spiro atoms. The van der Waals surface area contributed by atoms with Gasteiger partial charge in [0.15, 0.2) is 0 Å². The maximum Gasteiger partial charge on any atom is 0.204 e. The fourth-order valence-electron chi connectivity index (χ4n) is 5.96. The van der Waals surface area contributed by atoms with Crippen LogP contribution in [-0.2, 0) is 4.74 Å². The molecule has 2 bridgehead atoms. The van der Waals surface area contributed by atoms with E-state index < -0.39 is 0 Å².